The largest absolute Gasteiger partial charge is 0.469 e. The minimum Gasteiger partial charge on any atom is -0.469 e. The first-order chi connectivity index (χ1) is 8.00. The highest BCUT2D eigenvalue weighted by Gasteiger charge is 2.42. The van der Waals surface area contributed by atoms with Crippen LogP contribution in [0.3, 0.4) is 0 Å². The molecule has 0 amide bonds. The fraction of sp³-hybridized carbons (Fsp3) is 0.923. The summed E-state index contributed by atoms with van der Waals surface area (Å²) < 4.78 is 4.88. The van der Waals surface area contributed by atoms with Crippen LogP contribution in [0.25, 0.3) is 0 Å². The number of esters is 1. The van der Waals surface area contributed by atoms with Crippen LogP contribution in [0.4, 0.5) is 0 Å². The van der Waals surface area contributed by atoms with Gasteiger partial charge in [-0.15, -0.1) is 0 Å². The Balaban J connectivity index is 2.76. The number of hydrogen-bond donors (Lipinski definition) is 1. The Morgan fingerprint density at radius 1 is 1.59 bits per heavy atom. The van der Waals surface area contributed by atoms with Crippen molar-refractivity contribution in [2.75, 3.05) is 27.7 Å². The van der Waals surface area contributed by atoms with E-state index in [4.69, 9.17) is 4.74 Å². The molecular weight excluding hydrogens is 216 g/mol. The summed E-state index contributed by atoms with van der Waals surface area (Å²) in [6.45, 7) is 5.32. The summed E-state index contributed by atoms with van der Waals surface area (Å²) in [5, 5.41) is 3.45. The van der Waals surface area contributed by atoms with Gasteiger partial charge in [0, 0.05) is 0 Å². The molecule has 3 atom stereocenters. The van der Waals surface area contributed by atoms with Crippen LogP contribution >= 0.6 is 0 Å². The quantitative estimate of drug-likeness (QED) is 0.598. The maximum atomic E-state index is 11.7. The van der Waals surface area contributed by atoms with E-state index in [1.807, 2.05) is 7.05 Å². The molecule has 0 aliphatic heterocycles. The fourth-order valence-corrected chi connectivity index (χ4v) is 3.02. The zero-order valence-corrected chi connectivity index (χ0v) is 11.7. The molecule has 17 heavy (non-hydrogen) atoms. The number of nitrogens with zero attached hydrogens (tertiary/aromatic N) is 1. The maximum absolute atomic E-state index is 11.7. The van der Waals surface area contributed by atoms with Crippen LogP contribution in [0.15, 0.2) is 0 Å². The Morgan fingerprint density at radius 2 is 2.24 bits per heavy atom. The van der Waals surface area contributed by atoms with Crippen molar-refractivity contribution < 1.29 is 9.53 Å². The van der Waals surface area contributed by atoms with Gasteiger partial charge in [-0.25, -0.2) is 0 Å². The molecular formula is C13H26N2O2. The molecule has 0 heterocycles. The first kappa shape index (κ1) is 14.5. The van der Waals surface area contributed by atoms with Crippen molar-refractivity contribution in [3.8, 4) is 0 Å². The van der Waals surface area contributed by atoms with Gasteiger partial charge in [0.2, 0.25) is 0 Å². The second kappa shape index (κ2) is 5.83. The summed E-state index contributed by atoms with van der Waals surface area (Å²) in [6, 6.07) is 0. The number of rotatable bonds is 4. The SMILES string of the molecule is CCN(C)C1(NC)CC[C@H](C(=O)OC)[C@H](C)C1. The van der Waals surface area contributed by atoms with E-state index >= 15 is 0 Å². The molecule has 0 aromatic carbocycles. The first-order valence-corrected chi connectivity index (χ1v) is 6.48. The minimum atomic E-state index is -0.0543. The monoisotopic (exact) mass is 242 g/mol. The average Bonchev–Trinajstić information content (AvgIpc) is 2.36. The Labute approximate surface area is 105 Å². The lowest BCUT2D eigenvalue weighted by Gasteiger charge is -2.48. The lowest BCUT2D eigenvalue weighted by molar-refractivity contribution is -0.150. The molecule has 0 spiro atoms. The summed E-state index contributed by atoms with van der Waals surface area (Å²) in [5.74, 6) is 0.366. The van der Waals surface area contributed by atoms with Crippen LogP contribution < -0.4 is 5.32 Å². The molecule has 1 fully saturated rings. The third-order valence-corrected chi connectivity index (χ3v) is 4.39. The lowest BCUT2D eigenvalue weighted by Crippen LogP contribution is -2.59. The molecule has 1 aliphatic carbocycles. The summed E-state index contributed by atoms with van der Waals surface area (Å²) in [6.07, 6.45) is 2.89. The molecule has 0 aromatic heterocycles. The highest BCUT2D eigenvalue weighted by molar-refractivity contribution is 5.72. The van der Waals surface area contributed by atoms with Gasteiger partial charge in [0.05, 0.1) is 18.7 Å². The van der Waals surface area contributed by atoms with Gasteiger partial charge in [-0.2, -0.15) is 0 Å². The zero-order chi connectivity index (χ0) is 13.1. The molecule has 100 valence electrons. The summed E-state index contributed by atoms with van der Waals surface area (Å²) in [5.41, 5.74) is 0.0404. The van der Waals surface area contributed by atoms with E-state index in [-0.39, 0.29) is 17.6 Å². The number of ether oxygens (including phenoxy) is 1. The van der Waals surface area contributed by atoms with Crippen LogP contribution in [0, 0.1) is 11.8 Å². The van der Waals surface area contributed by atoms with Crippen molar-refractivity contribution in [2.45, 2.75) is 38.8 Å². The van der Waals surface area contributed by atoms with Gasteiger partial charge in [-0.05, 0) is 45.8 Å². The van der Waals surface area contributed by atoms with Gasteiger partial charge in [-0.3, -0.25) is 9.69 Å². The highest BCUT2D eigenvalue weighted by Crippen LogP contribution is 2.38. The molecule has 1 N–H and O–H groups in total. The topological polar surface area (TPSA) is 41.6 Å². The Morgan fingerprint density at radius 3 is 2.65 bits per heavy atom. The fourth-order valence-electron chi connectivity index (χ4n) is 3.02. The Hall–Kier alpha value is -0.610. The van der Waals surface area contributed by atoms with Crippen molar-refractivity contribution in [3.63, 3.8) is 0 Å². The van der Waals surface area contributed by atoms with Crippen LogP contribution in [-0.4, -0.2) is 44.3 Å². The molecule has 0 radical (unpaired) electrons. The second-order valence-corrected chi connectivity index (χ2v) is 5.15. The summed E-state index contributed by atoms with van der Waals surface area (Å²) >= 11 is 0. The minimum absolute atomic E-state index is 0.0404. The number of methoxy groups -OCH3 is 1. The van der Waals surface area contributed by atoms with Crippen LogP contribution in [0.2, 0.25) is 0 Å². The van der Waals surface area contributed by atoms with Crippen molar-refractivity contribution in [1.29, 1.82) is 0 Å². The number of carbonyl (C=O) groups excluding carboxylic acids is 1. The molecule has 0 saturated heterocycles. The molecule has 1 aliphatic rings. The first-order valence-electron chi connectivity index (χ1n) is 6.48. The third kappa shape index (κ3) is 2.80. The van der Waals surface area contributed by atoms with E-state index in [0.717, 1.165) is 25.8 Å². The smallest absolute Gasteiger partial charge is 0.308 e. The molecule has 0 aromatic rings. The van der Waals surface area contributed by atoms with E-state index in [1.54, 1.807) is 0 Å². The van der Waals surface area contributed by atoms with Crippen molar-refractivity contribution >= 4 is 5.97 Å². The molecule has 4 heteroatoms. The Bertz CT molecular complexity index is 270. The lowest BCUT2D eigenvalue weighted by atomic mass is 9.74. The van der Waals surface area contributed by atoms with Gasteiger partial charge in [0.25, 0.3) is 0 Å². The summed E-state index contributed by atoms with van der Waals surface area (Å²) in [7, 11) is 5.63. The zero-order valence-electron chi connectivity index (χ0n) is 11.7. The van der Waals surface area contributed by atoms with Crippen molar-refractivity contribution in [3.05, 3.63) is 0 Å². The van der Waals surface area contributed by atoms with Crippen LogP contribution in [0.1, 0.15) is 33.1 Å². The predicted octanol–water partition coefficient (Wildman–Crippen LogP) is 1.46. The van der Waals surface area contributed by atoms with E-state index in [2.05, 4.69) is 31.1 Å². The van der Waals surface area contributed by atoms with Crippen molar-refractivity contribution in [1.82, 2.24) is 10.2 Å². The van der Waals surface area contributed by atoms with Crippen LogP contribution in [0.5, 0.6) is 0 Å². The highest BCUT2D eigenvalue weighted by atomic mass is 16.5. The van der Waals surface area contributed by atoms with Gasteiger partial charge in [-0.1, -0.05) is 13.8 Å². The third-order valence-electron chi connectivity index (χ3n) is 4.39. The van der Waals surface area contributed by atoms with E-state index in [9.17, 15) is 4.79 Å². The molecule has 4 nitrogen and oxygen atoms in total. The molecule has 0 bridgehead atoms. The van der Waals surface area contributed by atoms with Gasteiger partial charge in [0.15, 0.2) is 0 Å². The average molecular weight is 242 g/mol. The summed E-state index contributed by atoms with van der Waals surface area (Å²) in [4.78, 5) is 14.0. The molecule has 1 rings (SSSR count). The van der Waals surface area contributed by atoms with E-state index in [1.165, 1.54) is 7.11 Å². The van der Waals surface area contributed by atoms with Gasteiger partial charge < -0.3 is 10.1 Å². The van der Waals surface area contributed by atoms with Gasteiger partial charge in [0.1, 0.15) is 0 Å². The normalized spacial score (nSPS) is 33.8. The van der Waals surface area contributed by atoms with Crippen LogP contribution in [-0.2, 0) is 9.53 Å². The number of hydrogen-bond acceptors (Lipinski definition) is 4. The van der Waals surface area contributed by atoms with Gasteiger partial charge >= 0.3 is 5.97 Å². The van der Waals surface area contributed by atoms with E-state index < -0.39 is 0 Å². The number of carbonyl (C=O) groups is 1. The molecule has 1 unspecified atom stereocenters. The Kier molecular flexibility index (Phi) is 4.95. The second-order valence-electron chi connectivity index (χ2n) is 5.15. The number of nitrogens with one attached hydrogen (secondary N) is 1. The maximum Gasteiger partial charge on any atom is 0.308 e. The standard InChI is InChI=1S/C13H26N2O2/c1-6-15(4)13(14-3)8-7-11(10(2)9-13)12(16)17-5/h10-11,14H,6-9H2,1-5H3/t10-,11+,13?/m1/s1. The molecule has 1 saturated carbocycles. The van der Waals surface area contributed by atoms with Crippen molar-refractivity contribution in [2.24, 2.45) is 11.8 Å². The predicted molar refractivity (Wildman–Crippen MR) is 68.6 cm³/mol. The van der Waals surface area contributed by atoms with E-state index in [0.29, 0.717) is 5.92 Å².